The number of nitrogens with zero attached hydrogens (tertiary/aromatic N) is 1. The largest absolute Gasteiger partial charge is 0.465 e. The highest BCUT2D eigenvalue weighted by molar-refractivity contribution is 5.65. The molecule has 1 fully saturated rings. The number of halogens is 3. The van der Waals surface area contributed by atoms with Gasteiger partial charge in [0.15, 0.2) is 0 Å². The lowest BCUT2D eigenvalue weighted by molar-refractivity contribution is -0.193. The van der Waals surface area contributed by atoms with Crippen molar-refractivity contribution in [2.75, 3.05) is 6.54 Å². The van der Waals surface area contributed by atoms with E-state index in [1.54, 1.807) is 0 Å². The molecule has 1 rings (SSSR count). The highest BCUT2D eigenvalue weighted by Gasteiger charge is 2.48. The number of alkyl halides is 3. The number of carboxylic acid groups (broad SMARTS) is 1. The normalized spacial score (nSPS) is 29.0. The maximum atomic E-state index is 12.3. The van der Waals surface area contributed by atoms with Gasteiger partial charge >= 0.3 is 12.3 Å². The quantitative estimate of drug-likeness (QED) is 0.632. The van der Waals surface area contributed by atoms with Gasteiger partial charge in [-0.1, -0.05) is 0 Å². The zero-order valence-corrected chi connectivity index (χ0v) is 7.16. The molecule has 0 spiro atoms. The fourth-order valence-corrected chi connectivity index (χ4v) is 1.49. The molecule has 0 radical (unpaired) electrons. The van der Waals surface area contributed by atoms with E-state index >= 15 is 0 Å². The number of aliphatic hydroxyl groups is 1. The molecule has 0 aromatic rings. The van der Waals surface area contributed by atoms with E-state index in [2.05, 4.69) is 0 Å². The minimum Gasteiger partial charge on any atom is -0.465 e. The van der Waals surface area contributed by atoms with E-state index in [1.165, 1.54) is 0 Å². The number of aliphatic hydroxyl groups excluding tert-OH is 1. The lowest BCUT2D eigenvalue weighted by atomic mass is 10.00. The number of piperidine rings is 1. The molecule has 14 heavy (non-hydrogen) atoms. The van der Waals surface area contributed by atoms with Gasteiger partial charge in [0, 0.05) is 13.0 Å². The van der Waals surface area contributed by atoms with Crippen LogP contribution in [0.25, 0.3) is 0 Å². The third kappa shape index (κ3) is 2.28. The summed E-state index contributed by atoms with van der Waals surface area (Å²) in [5.74, 6) is 0. The summed E-state index contributed by atoms with van der Waals surface area (Å²) < 4.78 is 36.9. The predicted octanol–water partition coefficient (Wildman–Crippen LogP) is 1.05. The van der Waals surface area contributed by atoms with Gasteiger partial charge in [-0.2, -0.15) is 13.2 Å². The summed E-state index contributed by atoms with van der Waals surface area (Å²) in [4.78, 5) is 10.8. The van der Waals surface area contributed by atoms with Crippen LogP contribution in [0.3, 0.4) is 0 Å². The molecule has 4 nitrogen and oxygen atoms in total. The highest BCUT2D eigenvalue weighted by atomic mass is 19.4. The first-order valence-corrected chi connectivity index (χ1v) is 4.06. The van der Waals surface area contributed by atoms with Crippen LogP contribution in [-0.2, 0) is 0 Å². The Morgan fingerprint density at radius 1 is 1.43 bits per heavy atom. The monoisotopic (exact) mass is 213 g/mol. The Balaban J connectivity index is 2.79. The van der Waals surface area contributed by atoms with E-state index in [1.807, 2.05) is 0 Å². The highest BCUT2D eigenvalue weighted by Crippen LogP contribution is 2.31. The summed E-state index contributed by atoms with van der Waals surface area (Å²) in [6.07, 6.45) is -7.80. The Kier molecular flexibility index (Phi) is 2.89. The van der Waals surface area contributed by atoms with Crippen LogP contribution in [0.15, 0.2) is 0 Å². The molecule has 7 heteroatoms. The summed E-state index contributed by atoms with van der Waals surface area (Å²) in [5, 5.41) is 17.5. The SMILES string of the molecule is O=C(O)N1CC[C@H](O)C[C@H]1C(F)(F)F. The van der Waals surface area contributed by atoms with E-state index in [4.69, 9.17) is 10.2 Å². The predicted molar refractivity (Wildman–Crippen MR) is 39.8 cm³/mol. The first-order valence-electron chi connectivity index (χ1n) is 4.06. The molecule has 1 saturated heterocycles. The van der Waals surface area contributed by atoms with Crippen LogP contribution in [0.5, 0.6) is 0 Å². The van der Waals surface area contributed by atoms with E-state index in [0.29, 0.717) is 4.90 Å². The molecular weight excluding hydrogens is 203 g/mol. The molecule has 0 bridgehead atoms. The first-order chi connectivity index (χ1) is 6.32. The van der Waals surface area contributed by atoms with Crippen molar-refractivity contribution in [3.8, 4) is 0 Å². The van der Waals surface area contributed by atoms with Gasteiger partial charge in [0.1, 0.15) is 6.04 Å². The number of hydrogen-bond donors (Lipinski definition) is 2. The minimum atomic E-state index is -4.61. The lowest BCUT2D eigenvalue weighted by Crippen LogP contribution is -2.53. The summed E-state index contributed by atoms with van der Waals surface area (Å²) in [6, 6.07) is -2.08. The smallest absolute Gasteiger partial charge is 0.409 e. The lowest BCUT2D eigenvalue weighted by Gasteiger charge is -2.36. The Morgan fingerprint density at radius 3 is 2.43 bits per heavy atom. The van der Waals surface area contributed by atoms with Gasteiger partial charge in [0.2, 0.25) is 0 Å². The number of amides is 1. The third-order valence-electron chi connectivity index (χ3n) is 2.20. The van der Waals surface area contributed by atoms with E-state index in [-0.39, 0.29) is 13.0 Å². The molecule has 0 aromatic carbocycles. The van der Waals surface area contributed by atoms with Gasteiger partial charge in [0.05, 0.1) is 6.10 Å². The molecule has 0 aromatic heterocycles. The zero-order chi connectivity index (χ0) is 10.9. The van der Waals surface area contributed by atoms with Crippen LogP contribution in [0.2, 0.25) is 0 Å². The van der Waals surface area contributed by atoms with Gasteiger partial charge in [-0.15, -0.1) is 0 Å². The van der Waals surface area contributed by atoms with E-state index in [9.17, 15) is 18.0 Å². The van der Waals surface area contributed by atoms with Crippen LogP contribution in [0.1, 0.15) is 12.8 Å². The van der Waals surface area contributed by atoms with Crippen molar-refractivity contribution in [2.45, 2.75) is 31.2 Å². The maximum absolute atomic E-state index is 12.3. The molecule has 1 aliphatic rings. The molecule has 1 amide bonds. The standard InChI is InChI=1S/C7H10F3NO3/c8-7(9,10)5-3-4(12)1-2-11(5)6(13)14/h4-5,12H,1-3H2,(H,13,14)/t4-,5-/m0/s1. The first kappa shape index (κ1) is 11.1. The Hall–Kier alpha value is -0.980. The van der Waals surface area contributed by atoms with Gasteiger partial charge < -0.3 is 10.2 Å². The molecular formula is C7H10F3NO3. The number of carbonyl (C=O) groups is 1. The third-order valence-corrected chi connectivity index (χ3v) is 2.20. The Labute approximate surface area is 77.9 Å². The van der Waals surface area contributed by atoms with Gasteiger partial charge in [0.25, 0.3) is 0 Å². The van der Waals surface area contributed by atoms with Crippen molar-refractivity contribution in [2.24, 2.45) is 0 Å². The second-order valence-corrected chi connectivity index (χ2v) is 3.21. The van der Waals surface area contributed by atoms with Crippen LogP contribution >= 0.6 is 0 Å². The zero-order valence-electron chi connectivity index (χ0n) is 7.16. The maximum Gasteiger partial charge on any atom is 0.409 e. The van der Waals surface area contributed by atoms with Crippen molar-refractivity contribution in [3.63, 3.8) is 0 Å². The molecule has 1 aliphatic heterocycles. The average molecular weight is 213 g/mol. The van der Waals surface area contributed by atoms with Gasteiger partial charge in [-0.25, -0.2) is 4.79 Å². The molecule has 2 N–H and O–H groups in total. The van der Waals surface area contributed by atoms with Crippen molar-refractivity contribution >= 4 is 6.09 Å². The number of rotatable bonds is 0. The summed E-state index contributed by atoms with van der Waals surface area (Å²) >= 11 is 0. The summed E-state index contributed by atoms with van der Waals surface area (Å²) in [5.41, 5.74) is 0. The molecule has 1 heterocycles. The number of likely N-dealkylation sites (tertiary alicyclic amines) is 1. The van der Waals surface area contributed by atoms with Gasteiger partial charge in [-0.3, -0.25) is 4.90 Å². The topological polar surface area (TPSA) is 60.8 Å². The van der Waals surface area contributed by atoms with E-state index in [0.717, 1.165) is 0 Å². The minimum absolute atomic E-state index is 0.0544. The van der Waals surface area contributed by atoms with Crippen LogP contribution in [-0.4, -0.2) is 46.1 Å². The van der Waals surface area contributed by atoms with Crippen LogP contribution < -0.4 is 0 Å². The van der Waals surface area contributed by atoms with Gasteiger partial charge in [-0.05, 0) is 6.42 Å². The van der Waals surface area contributed by atoms with Crippen LogP contribution in [0, 0.1) is 0 Å². The fourth-order valence-electron chi connectivity index (χ4n) is 1.49. The van der Waals surface area contributed by atoms with Crippen LogP contribution in [0.4, 0.5) is 18.0 Å². The van der Waals surface area contributed by atoms with E-state index < -0.39 is 30.8 Å². The average Bonchev–Trinajstić information content (AvgIpc) is 2.01. The summed E-state index contributed by atoms with van der Waals surface area (Å²) in [7, 11) is 0. The molecule has 82 valence electrons. The van der Waals surface area contributed by atoms with Crippen molar-refractivity contribution < 1.29 is 28.2 Å². The van der Waals surface area contributed by atoms with Crippen molar-refractivity contribution in [1.29, 1.82) is 0 Å². The Bertz CT molecular complexity index is 231. The van der Waals surface area contributed by atoms with Crippen molar-refractivity contribution in [3.05, 3.63) is 0 Å². The molecule has 0 aliphatic carbocycles. The molecule has 0 unspecified atom stereocenters. The second-order valence-electron chi connectivity index (χ2n) is 3.21. The number of hydrogen-bond acceptors (Lipinski definition) is 2. The second kappa shape index (κ2) is 3.64. The fraction of sp³-hybridized carbons (Fsp3) is 0.857. The Morgan fingerprint density at radius 2 is 2.00 bits per heavy atom. The molecule has 0 saturated carbocycles. The van der Waals surface area contributed by atoms with Crippen molar-refractivity contribution in [1.82, 2.24) is 4.90 Å². The summed E-state index contributed by atoms with van der Waals surface area (Å²) in [6.45, 7) is -0.277. The molecule has 2 atom stereocenters.